The van der Waals surface area contributed by atoms with Crippen molar-refractivity contribution in [1.29, 1.82) is 0 Å². The number of fused-ring (bicyclic) bond motifs is 8. The van der Waals surface area contributed by atoms with Gasteiger partial charge < -0.3 is 47.2 Å². The first-order chi connectivity index (χ1) is 35.2. The van der Waals surface area contributed by atoms with E-state index in [2.05, 4.69) is 155 Å². The van der Waals surface area contributed by atoms with Crippen LogP contribution < -0.4 is 0 Å². The van der Waals surface area contributed by atoms with Crippen LogP contribution in [0.15, 0.2) is 165 Å². The van der Waals surface area contributed by atoms with Gasteiger partial charge in [-0.15, -0.1) is 12.4 Å². The minimum Gasteiger partial charge on any atom is -0.464 e. The van der Waals surface area contributed by atoms with Crippen molar-refractivity contribution in [2.75, 3.05) is 54.4 Å². The van der Waals surface area contributed by atoms with Crippen LogP contribution in [0.5, 0.6) is 0 Å². The molecule has 0 radical (unpaired) electrons. The minimum atomic E-state index is 0. The topological polar surface area (TPSA) is 123 Å². The minimum absolute atomic E-state index is 0. The van der Waals surface area contributed by atoms with E-state index in [0.717, 1.165) is 135 Å². The summed E-state index contributed by atoms with van der Waals surface area (Å²) < 4.78 is 23.9. The number of hydrogen-bond donors (Lipinski definition) is 2. The summed E-state index contributed by atoms with van der Waals surface area (Å²) in [4.78, 5) is 28.1. The van der Waals surface area contributed by atoms with Crippen molar-refractivity contribution in [3.05, 3.63) is 215 Å². The Morgan fingerprint density at radius 1 is 0.370 bits per heavy atom. The molecule has 362 valence electrons. The third-order valence-corrected chi connectivity index (χ3v) is 13.7. The summed E-state index contributed by atoms with van der Waals surface area (Å²) in [6.45, 7) is 2.60. The van der Waals surface area contributed by atoms with Gasteiger partial charge in [-0.05, 0) is 144 Å². The molecule has 13 heterocycles. The molecule has 0 fully saturated rings. The van der Waals surface area contributed by atoms with Crippen molar-refractivity contribution in [1.82, 2.24) is 39.5 Å². The zero-order valence-electron chi connectivity index (χ0n) is 40.7. The molecule has 0 saturated carbocycles. The Morgan fingerprint density at radius 3 is 0.836 bits per heavy atom. The number of H-pyrrole nitrogens is 2. The molecular formula is C60H51ClN8O4. The Balaban J connectivity index is 0.00000543. The highest BCUT2D eigenvalue weighted by molar-refractivity contribution is 6.01. The maximum absolute atomic E-state index is 5.98. The second kappa shape index (κ2) is 18.4. The molecule has 13 rings (SSSR count). The van der Waals surface area contributed by atoms with Gasteiger partial charge in [0, 0.05) is 146 Å². The van der Waals surface area contributed by atoms with Crippen molar-refractivity contribution in [2.24, 2.45) is 0 Å². The summed E-state index contributed by atoms with van der Waals surface area (Å²) in [5, 5.41) is 0. The molecule has 0 unspecified atom stereocenters. The predicted octanol–water partition coefficient (Wildman–Crippen LogP) is 12.9. The van der Waals surface area contributed by atoms with Crippen LogP contribution in [0.4, 0.5) is 0 Å². The van der Waals surface area contributed by atoms with Crippen LogP contribution in [-0.4, -0.2) is 93.9 Å². The molecule has 0 saturated heterocycles. The molecule has 0 aromatic carbocycles. The van der Waals surface area contributed by atoms with E-state index in [4.69, 9.17) is 27.6 Å². The van der Waals surface area contributed by atoms with Crippen LogP contribution in [0.2, 0.25) is 0 Å². The second-order valence-electron chi connectivity index (χ2n) is 19.1. The second-order valence-corrected chi connectivity index (χ2v) is 19.1. The average molecular weight is 984 g/mol. The summed E-state index contributed by atoms with van der Waals surface area (Å²) in [7, 11) is 8.40. The van der Waals surface area contributed by atoms with E-state index >= 15 is 0 Å². The maximum atomic E-state index is 5.98. The molecule has 6 aliphatic heterocycles. The van der Waals surface area contributed by atoms with Gasteiger partial charge in [-0.1, -0.05) is 0 Å². The summed E-state index contributed by atoms with van der Waals surface area (Å²) in [5.41, 5.74) is 19.4. The fraction of sp³-hybridized carbons (Fsp3) is 0.133. The number of aromatic amines is 2. The van der Waals surface area contributed by atoms with Crippen molar-refractivity contribution >= 4 is 103 Å². The summed E-state index contributed by atoms with van der Waals surface area (Å²) in [5.74, 6) is 3.19. The normalized spacial score (nSPS) is 16.6. The van der Waals surface area contributed by atoms with Gasteiger partial charge in [-0.25, -0.2) is 9.97 Å². The van der Waals surface area contributed by atoms with E-state index in [1.165, 1.54) is 0 Å². The highest BCUT2D eigenvalue weighted by atomic mass is 35.5. The molecule has 12 nitrogen and oxygen atoms in total. The van der Waals surface area contributed by atoms with E-state index in [1.807, 2.05) is 48.5 Å². The number of nitrogens with one attached hydrogen (secondary N) is 2. The predicted molar refractivity (Wildman–Crippen MR) is 295 cm³/mol. The first-order valence-electron chi connectivity index (χ1n) is 24.1. The molecule has 6 aliphatic rings. The van der Waals surface area contributed by atoms with Crippen molar-refractivity contribution in [3.8, 4) is 0 Å². The monoisotopic (exact) mass is 982 g/mol. The van der Waals surface area contributed by atoms with Gasteiger partial charge in [0.15, 0.2) is 0 Å². The number of aromatic nitrogens is 4. The number of rotatable bonds is 8. The fourth-order valence-corrected chi connectivity index (χ4v) is 10.8. The van der Waals surface area contributed by atoms with Crippen LogP contribution in [-0.2, 0) is 0 Å². The maximum Gasteiger partial charge on any atom is 0.135 e. The lowest BCUT2D eigenvalue weighted by atomic mass is 9.97. The Bertz CT molecular complexity index is 3320. The summed E-state index contributed by atoms with van der Waals surface area (Å²) >= 11 is 0. The van der Waals surface area contributed by atoms with Crippen LogP contribution in [0, 0.1) is 0 Å². The molecule has 13 heteroatoms. The lowest BCUT2D eigenvalue weighted by molar-refractivity contribution is 0.507. The van der Waals surface area contributed by atoms with Crippen molar-refractivity contribution in [2.45, 2.75) is 0 Å². The standard InChI is InChI=1S/C60H50N8O4.ClH/c1-65-29-37(53-9-5-21-69-53)25-41(33-65)57-45-13-15-47(61-45)58(42-26-38(30-66(2)34-42)54-10-6-22-70-54)49-17-19-51(63-49)60(44-28-40(32-68(4)36-44)56-12-8-24-72-56)52-20-18-50(64-52)59(48-16-14-46(57)62-48)43-27-39(31-67(3)35-43)55-11-7-23-71-55;/h5-32,61,64H,33-36H2,1-4H3;1H. The quantitative estimate of drug-likeness (QED) is 0.152. The summed E-state index contributed by atoms with van der Waals surface area (Å²) in [6, 6.07) is 24.5. The average Bonchev–Trinajstić information content (AvgIpc) is 4.21. The van der Waals surface area contributed by atoms with Crippen molar-refractivity contribution in [3.63, 3.8) is 0 Å². The molecule has 2 N–H and O–H groups in total. The van der Waals surface area contributed by atoms with Gasteiger partial charge in [0.1, 0.15) is 23.0 Å². The SMILES string of the molecule is CN1C=C(c2ccco2)C=C(c2c3nc(c(C4=CC(c5ccco5)=CN(C)C4)c4ccc([nH]4)c(C4=CC(c5ccco5)=CN(C)C4)c4nc(c(C5=CC(c6ccco6)=CN(C)C5)c5ccc2[nH]5)C=C4)C=C3)C1.Cl. The molecule has 73 heavy (non-hydrogen) atoms. The molecule has 0 aliphatic carbocycles. The largest absolute Gasteiger partial charge is 0.464 e. The highest BCUT2D eigenvalue weighted by Crippen LogP contribution is 2.40. The number of furan rings is 4. The third kappa shape index (κ3) is 8.45. The number of nitrogens with zero attached hydrogens (tertiary/aromatic N) is 6. The van der Waals surface area contributed by atoms with Crippen LogP contribution in [0.25, 0.3) is 91.0 Å². The Labute approximate surface area is 428 Å². The Hall–Kier alpha value is -8.87. The van der Waals surface area contributed by atoms with Gasteiger partial charge in [0.25, 0.3) is 0 Å². The van der Waals surface area contributed by atoms with Gasteiger partial charge in [0.05, 0.1) is 47.8 Å². The van der Waals surface area contributed by atoms with Gasteiger partial charge in [-0.2, -0.15) is 0 Å². The fourth-order valence-electron chi connectivity index (χ4n) is 10.8. The molecule has 0 atom stereocenters. The number of likely N-dealkylation sites (N-methyl/N-ethyl adjacent to an activating group) is 4. The number of halogens is 1. The molecule has 7 aromatic heterocycles. The van der Waals surface area contributed by atoms with Crippen LogP contribution in [0.1, 0.15) is 68.1 Å². The van der Waals surface area contributed by atoms with E-state index in [9.17, 15) is 0 Å². The molecule has 8 bridgehead atoms. The zero-order valence-corrected chi connectivity index (χ0v) is 41.5. The van der Waals surface area contributed by atoms with E-state index in [0.29, 0.717) is 26.2 Å². The van der Waals surface area contributed by atoms with E-state index < -0.39 is 0 Å². The lowest BCUT2D eigenvalue weighted by Crippen LogP contribution is -2.19. The van der Waals surface area contributed by atoms with Gasteiger partial charge in [0.2, 0.25) is 0 Å². The number of hydrogen-bond acceptors (Lipinski definition) is 10. The van der Waals surface area contributed by atoms with Gasteiger partial charge in [-0.3, -0.25) is 0 Å². The first-order valence-corrected chi connectivity index (χ1v) is 24.1. The summed E-state index contributed by atoms with van der Waals surface area (Å²) in [6.07, 6.45) is 33.0. The van der Waals surface area contributed by atoms with Gasteiger partial charge >= 0.3 is 0 Å². The van der Waals surface area contributed by atoms with Crippen molar-refractivity contribution < 1.29 is 17.7 Å². The Morgan fingerprint density at radius 2 is 0.616 bits per heavy atom. The van der Waals surface area contributed by atoms with E-state index in [1.54, 1.807) is 25.1 Å². The van der Waals surface area contributed by atoms with Crippen LogP contribution >= 0.6 is 12.4 Å². The molecular weight excluding hydrogens is 932 g/mol. The lowest BCUT2D eigenvalue weighted by Gasteiger charge is -2.24. The van der Waals surface area contributed by atoms with E-state index in [-0.39, 0.29) is 12.4 Å². The highest BCUT2D eigenvalue weighted by Gasteiger charge is 2.26. The molecule has 0 spiro atoms. The number of allylic oxidation sites excluding steroid dienone is 8. The van der Waals surface area contributed by atoms with Crippen LogP contribution in [0.3, 0.4) is 0 Å². The molecule has 7 aromatic rings. The molecule has 0 amide bonds. The first kappa shape index (κ1) is 45.3. The smallest absolute Gasteiger partial charge is 0.135 e. The zero-order chi connectivity index (χ0) is 48.5. The third-order valence-electron chi connectivity index (χ3n) is 13.7. The Kier molecular flexibility index (Phi) is 11.4.